The number of halogens is 3. The Balaban J connectivity index is 2.24. The Morgan fingerprint density at radius 2 is 1.90 bits per heavy atom. The van der Waals surface area contributed by atoms with Crippen molar-refractivity contribution >= 4 is 37.7 Å². The van der Waals surface area contributed by atoms with E-state index in [0.29, 0.717) is 16.9 Å². The number of aromatic amines is 1. The molecule has 0 bridgehead atoms. The summed E-state index contributed by atoms with van der Waals surface area (Å²) in [6, 6.07) is 12.1. The lowest BCUT2D eigenvalue weighted by Crippen LogP contribution is -1.90. The van der Waals surface area contributed by atoms with E-state index in [1.54, 1.807) is 12.1 Å². The first-order chi connectivity index (χ1) is 10.1. The van der Waals surface area contributed by atoms with Crippen molar-refractivity contribution in [2.24, 2.45) is 0 Å². The van der Waals surface area contributed by atoms with Crippen LogP contribution in [0.15, 0.2) is 51.4 Å². The van der Waals surface area contributed by atoms with Gasteiger partial charge in [0.2, 0.25) is 0 Å². The van der Waals surface area contributed by atoms with Gasteiger partial charge in [-0.05, 0) is 35.9 Å². The van der Waals surface area contributed by atoms with Crippen LogP contribution in [0.25, 0.3) is 22.4 Å². The van der Waals surface area contributed by atoms with Gasteiger partial charge in [-0.15, -0.1) is 0 Å². The molecule has 0 atom stereocenters. The van der Waals surface area contributed by atoms with E-state index in [1.165, 1.54) is 12.1 Å². The van der Waals surface area contributed by atoms with Gasteiger partial charge in [-0.2, -0.15) is 5.10 Å². The molecule has 0 amide bonds. The molecule has 1 aromatic heterocycles. The lowest BCUT2D eigenvalue weighted by molar-refractivity contribution is 0.628. The predicted octanol–water partition coefficient (Wildman–Crippen LogP) is 4.99. The number of nitrogen functional groups attached to an aromatic ring is 1. The number of hydrogen-bond donors (Lipinski definition) is 2. The van der Waals surface area contributed by atoms with Gasteiger partial charge in [-0.25, -0.2) is 4.39 Å². The molecule has 0 saturated carbocycles. The maximum absolute atomic E-state index is 13.5. The average Bonchev–Trinajstić information content (AvgIpc) is 2.83. The minimum Gasteiger partial charge on any atom is -0.382 e. The van der Waals surface area contributed by atoms with Crippen molar-refractivity contribution in [1.29, 1.82) is 0 Å². The minimum absolute atomic E-state index is 0.313. The van der Waals surface area contributed by atoms with Gasteiger partial charge in [0, 0.05) is 14.5 Å². The molecular weight excluding hydrogens is 401 g/mol. The summed E-state index contributed by atoms with van der Waals surface area (Å²) < 4.78 is 15.3. The molecule has 1 heterocycles. The first-order valence-electron chi connectivity index (χ1n) is 6.11. The van der Waals surface area contributed by atoms with Gasteiger partial charge < -0.3 is 5.73 Å². The van der Waals surface area contributed by atoms with Gasteiger partial charge in [0.15, 0.2) is 5.82 Å². The molecule has 6 heteroatoms. The molecular formula is C15H10Br2FN3. The highest BCUT2D eigenvalue weighted by Gasteiger charge is 2.17. The lowest BCUT2D eigenvalue weighted by atomic mass is 10.0. The summed E-state index contributed by atoms with van der Waals surface area (Å²) in [5, 5.41) is 6.99. The SMILES string of the molecule is Nc1n[nH]c(-c2cc(Br)ccc2Br)c1-c1cccc(F)c1. The first kappa shape index (κ1) is 14.3. The quantitative estimate of drug-likeness (QED) is 0.625. The van der Waals surface area contributed by atoms with Crippen molar-refractivity contribution in [3.8, 4) is 22.4 Å². The van der Waals surface area contributed by atoms with Crippen molar-refractivity contribution in [3.63, 3.8) is 0 Å². The highest BCUT2D eigenvalue weighted by molar-refractivity contribution is 9.11. The molecule has 0 aliphatic carbocycles. The van der Waals surface area contributed by atoms with E-state index in [0.717, 1.165) is 20.2 Å². The maximum atomic E-state index is 13.5. The zero-order valence-corrected chi connectivity index (χ0v) is 13.9. The summed E-state index contributed by atoms with van der Waals surface area (Å²) >= 11 is 6.96. The van der Waals surface area contributed by atoms with E-state index in [-0.39, 0.29) is 5.82 Å². The van der Waals surface area contributed by atoms with Crippen LogP contribution in [0, 0.1) is 5.82 Å². The summed E-state index contributed by atoms with van der Waals surface area (Å²) in [5.41, 5.74) is 8.97. The second-order valence-corrected chi connectivity index (χ2v) is 6.26. The van der Waals surface area contributed by atoms with Crippen LogP contribution >= 0.6 is 31.9 Å². The van der Waals surface area contributed by atoms with E-state index in [4.69, 9.17) is 5.73 Å². The van der Waals surface area contributed by atoms with E-state index < -0.39 is 0 Å². The van der Waals surface area contributed by atoms with Crippen LogP contribution in [0.2, 0.25) is 0 Å². The van der Waals surface area contributed by atoms with E-state index in [2.05, 4.69) is 42.1 Å². The second kappa shape index (κ2) is 5.61. The predicted molar refractivity (Wildman–Crippen MR) is 89.2 cm³/mol. The summed E-state index contributed by atoms with van der Waals surface area (Å²) in [4.78, 5) is 0. The van der Waals surface area contributed by atoms with E-state index >= 15 is 0 Å². The highest BCUT2D eigenvalue weighted by atomic mass is 79.9. The summed E-state index contributed by atoms with van der Waals surface area (Å²) in [6.45, 7) is 0. The van der Waals surface area contributed by atoms with Gasteiger partial charge in [-0.3, -0.25) is 5.10 Å². The number of nitrogens with one attached hydrogen (secondary N) is 1. The molecule has 3 nitrogen and oxygen atoms in total. The minimum atomic E-state index is -0.313. The standard InChI is InChI=1S/C15H10Br2FN3/c16-9-4-5-12(17)11(7-9)14-13(15(19)21-20-14)8-2-1-3-10(18)6-8/h1-7H,(H3,19,20,21). The molecule has 2 aromatic carbocycles. The van der Waals surface area contributed by atoms with Gasteiger partial charge >= 0.3 is 0 Å². The topological polar surface area (TPSA) is 54.7 Å². The van der Waals surface area contributed by atoms with Crippen LogP contribution in [-0.4, -0.2) is 10.2 Å². The Bertz CT molecular complexity index is 814. The highest BCUT2D eigenvalue weighted by Crippen LogP contribution is 2.39. The fraction of sp³-hybridized carbons (Fsp3) is 0. The maximum Gasteiger partial charge on any atom is 0.153 e. The van der Waals surface area contributed by atoms with Crippen LogP contribution in [0.3, 0.4) is 0 Å². The molecule has 0 spiro atoms. The normalized spacial score (nSPS) is 10.8. The summed E-state index contributed by atoms with van der Waals surface area (Å²) in [5.74, 6) is 0.0230. The fourth-order valence-electron chi connectivity index (χ4n) is 2.18. The molecule has 106 valence electrons. The van der Waals surface area contributed by atoms with Gasteiger partial charge in [0.1, 0.15) is 5.82 Å². The number of H-pyrrole nitrogens is 1. The third-order valence-corrected chi connectivity index (χ3v) is 4.29. The molecule has 0 fully saturated rings. The number of hydrogen-bond acceptors (Lipinski definition) is 2. The van der Waals surface area contributed by atoms with Crippen LogP contribution in [0.1, 0.15) is 0 Å². The van der Waals surface area contributed by atoms with Crippen molar-refractivity contribution in [3.05, 3.63) is 57.2 Å². The Morgan fingerprint density at radius 3 is 2.67 bits per heavy atom. The molecule has 3 aromatic rings. The fourth-order valence-corrected chi connectivity index (χ4v) is 2.98. The van der Waals surface area contributed by atoms with Crippen molar-refractivity contribution in [1.82, 2.24) is 10.2 Å². The third-order valence-electron chi connectivity index (χ3n) is 3.11. The van der Waals surface area contributed by atoms with E-state index in [1.807, 2.05) is 18.2 Å². The van der Waals surface area contributed by atoms with Crippen molar-refractivity contribution < 1.29 is 4.39 Å². The van der Waals surface area contributed by atoms with Crippen LogP contribution in [0.4, 0.5) is 10.2 Å². The molecule has 3 N–H and O–H groups in total. The van der Waals surface area contributed by atoms with Crippen molar-refractivity contribution in [2.75, 3.05) is 5.73 Å². The van der Waals surface area contributed by atoms with Crippen LogP contribution < -0.4 is 5.73 Å². The van der Waals surface area contributed by atoms with Crippen LogP contribution in [-0.2, 0) is 0 Å². The third kappa shape index (κ3) is 2.73. The van der Waals surface area contributed by atoms with E-state index in [9.17, 15) is 4.39 Å². The van der Waals surface area contributed by atoms with Crippen LogP contribution in [0.5, 0.6) is 0 Å². The Hall–Kier alpha value is -1.66. The molecule has 0 radical (unpaired) electrons. The number of benzene rings is 2. The lowest BCUT2D eigenvalue weighted by Gasteiger charge is -2.07. The zero-order valence-electron chi connectivity index (χ0n) is 10.7. The molecule has 0 unspecified atom stereocenters. The van der Waals surface area contributed by atoms with Gasteiger partial charge in [-0.1, -0.05) is 44.0 Å². The molecule has 3 rings (SSSR count). The number of nitrogens with zero attached hydrogens (tertiary/aromatic N) is 1. The first-order valence-corrected chi connectivity index (χ1v) is 7.70. The zero-order chi connectivity index (χ0) is 15.0. The number of anilines is 1. The molecule has 0 saturated heterocycles. The Labute approximate surface area is 137 Å². The number of rotatable bonds is 2. The summed E-state index contributed by atoms with van der Waals surface area (Å²) in [6.07, 6.45) is 0. The monoisotopic (exact) mass is 409 g/mol. The number of nitrogens with two attached hydrogens (primary N) is 1. The Kier molecular flexibility index (Phi) is 3.82. The molecule has 0 aliphatic rings. The smallest absolute Gasteiger partial charge is 0.153 e. The van der Waals surface area contributed by atoms with Gasteiger partial charge in [0.05, 0.1) is 11.3 Å². The summed E-state index contributed by atoms with van der Waals surface area (Å²) in [7, 11) is 0. The van der Waals surface area contributed by atoms with Gasteiger partial charge in [0.25, 0.3) is 0 Å². The van der Waals surface area contributed by atoms with Crippen molar-refractivity contribution in [2.45, 2.75) is 0 Å². The largest absolute Gasteiger partial charge is 0.382 e. The molecule has 0 aliphatic heterocycles. The average molecular weight is 411 g/mol. The Morgan fingerprint density at radius 1 is 1.10 bits per heavy atom. The number of aromatic nitrogens is 2. The molecule has 21 heavy (non-hydrogen) atoms. The second-order valence-electron chi connectivity index (χ2n) is 4.49.